The number of nitrogens with one attached hydrogen (secondary N) is 2. The van der Waals surface area contributed by atoms with E-state index < -0.39 is 6.04 Å². The summed E-state index contributed by atoms with van der Waals surface area (Å²) in [7, 11) is 0. The highest BCUT2D eigenvalue weighted by Gasteiger charge is 2.20. The number of carbonyl (C=O) groups excluding carboxylic acids is 2. The first-order valence-corrected chi connectivity index (χ1v) is 8.88. The maximum Gasteiger partial charge on any atom is 0.253 e. The largest absolute Gasteiger partial charge is 0.494 e. The van der Waals surface area contributed by atoms with Gasteiger partial charge in [0.15, 0.2) is 0 Å². The second-order valence-corrected chi connectivity index (χ2v) is 6.31. The molecule has 0 aromatic heterocycles. The Hall–Kier alpha value is -2.53. The van der Waals surface area contributed by atoms with Gasteiger partial charge in [-0.2, -0.15) is 0 Å². The molecule has 0 bridgehead atoms. The first kappa shape index (κ1) is 19.8. The van der Waals surface area contributed by atoms with Crippen molar-refractivity contribution in [2.75, 3.05) is 6.61 Å². The minimum absolute atomic E-state index is 0.196. The molecule has 2 amide bonds. The molecular weight excluding hydrogens is 352 g/mol. The topological polar surface area (TPSA) is 67.4 Å². The van der Waals surface area contributed by atoms with Crippen molar-refractivity contribution in [1.29, 1.82) is 0 Å². The fourth-order valence-corrected chi connectivity index (χ4v) is 2.65. The summed E-state index contributed by atoms with van der Waals surface area (Å²) in [6.45, 7) is 6.05. The van der Waals surface area contributed by atoms with Crippen molar-refractivity contribution in [2.24, 2.45) is 0 Å². The summed E-state index contributed by atoms with van der Waals surface area (Å²) < 4.78 is 5.41. The van der Waals surface area contributed by atoms with Gasteiger partial charge in [-0.3, -0.25) is 9.59 Å². The van der Waals surface area contributed by atoms with Crippen molar-refractivity contribution in [1.82, 2.24) is 10.6 Å². The van der Waals surface area contributed by atoms with Gasteiger partial charge in [0.25, 0.3) is 5.91 Å². The Bertz CT molecular complexity index is 762. The van der Waals surface area contributed by atoms with Crippen LogP contribution < -0.4 is 15.4 Å². The quantitative estimate of drug-likeness (QED) is 0.775. The SMILES string of the molecule is CCOc1ccc(C(C)NC(=O)[C@H](C)NC(=O)c2ccccc2Cl)cc1. The van der Waals surface area contributed by atoms with Crippen LogP contribution in [0.5, 0.6) is 5.75 Å². The Kier molecular flexibility index (Phi) is 7.04. The Balaban J connectivity index is 1.93. The number of benzene rings is 2. The molecule has 0 heterocycles. The molecule has 0 saturated heterocycles. The monoisotopic (exact) mass is 374 g/mol. The molecule has 0 aliphatic carbocycles. The summed E-state index contributed by atoms with van der Waals surface area (Å²) >= 11 is 6.01. The van der Waals surface area contributed by atoms with E-state index >= 15 is 0 Å². The van der Waals surface area contributed by atoms with Gasteiger partial charge in [0.05, 0.1) is 23.2 Å². The molecule has 26 heavy (non-hydrogen) atoms. The molecule has 0 fully saturated rings. The Morgan fingerprint density at radius 3 is 2.31 bits per heavy atom. The molecule has 0 aliphatic rings. The van der Waals surface area contributed by atoms with Crippen molar-refractivity contribution in [3.05, 3.63) is 64.7 Å². The highest BCUT2D eigenvalue weighted by atomic mass is 35.5. The number of hydrogen-bond donors (Lipinski definition) is 2. The van der Waals surface area contributed by atoms with Gasteiger partial charge in [-0.1, -0.05) is 35.9 Å². The van der Waals surface area contributed by atoms with Gasteiger partial charge in [-0.15, -0.1) is 0 Å². The van der Waals surface area contributed by atoms with E-state index in [2.05, 4.69) is 10.6 Å². The van der Waals surface area contributed by atoms with E-state index in [-0.39, 0.29) is 17.9 Å². The van der Waals surface area contributed by atoms with Crippen LogP contribution in [0.4, 0.5) is 0 Å². The third kappa shape index (κ3) is 5.23. The average molecular weight is 375 g/mol. The summed E-state index contributed by atoms with van der Waals surface area (Å²) in [6, 6.07) is 13.4. The predicted molar refractivity (Wildman–Crippen MR) is 103 cm³/mol. The number of amides is 2. The van der Waals surface area contributed by atoms with Crippen molar-refractivity contribution in [3.8, 4) is 5.75 Å². The summed E-state index contributed by atoms with van der Waals surface area (Å²) in [5.41, 5.74) is 1.29. The lowest BCUT2D eigenvalue weighted by Gasteiger charge is -2.19. The van der Waals surface area contributed by atoms with Gasteiger partial charge in [0.1, 0.15) is 11.8 Å². The van der Waals surface area contributed by atoms with Crippen molar-refractivity contribution in [3.63, 3.8) is 0 Å². The summed E-state index contributed by atoms with van der Waals surface area (Å²) in [4.78, 5) is 24.6. The van der Waals surface area contributed by atoms with Crippen LogP contribution in [0.3, 0.4) is 0 Å². The zero-order valence-electron chi connectivity index (χ0n) is 15.1. The Morgan fingerprint density at radius 2 is 1.69 bits per heavy atom. The lowest BCUT2D eigenvalue weighted by molar-refractivity contribution is -0.123. The van der Waals surface area contributed by atoms with Crippen molar-refractivity contribution < 1.29 is 14.3 Å². The smallest absolute Gasteiger partial charge is 0.253 e. The number of ether oxygens (including phenoxy) is 1. The van der Waals surface area contributed by atoms with Crippen LogP contribution in [0.1, 0.15) is 42.7 Å². The summed E-state index contributed by atoms with van der Waals surface area (Å²) in [5, 5.41) is 5.90. The fraction of sp³-hybridized carbons (Fsp3) is 0.300. The molecule has 2 aromatic carbocycles. The van der Waals surface area contributed by atoms with Gasteiger partial charge in [-0.25, -0.2) is 0 Å². The van der Waals surface area contributed by atoms with Crippen LogP contribution in [0.25, 0.3) is 0 Å². The molecule has 138 valence electrons. The van der Waals surface area contributed by atoms with E-state index in [4.69, 9.17) is 16.3 Å². The van der Waals surface area contributed by atoms with Crippen molar-refractivity contribution in [2.45, 2.75) is 32.9 Å². The fourth-order valence-electron chi connectivity index (χ4n) is 2.43. The minimum atomic E-state index is -0.691. The maximum atomic E-state index is 12.4. The van der Waals surface area contributed by atoms with Gasteiger partial charge in [0.2, 0.25) is 5.91 Å². The minimum Gasteiger partial charge on any atom is -0.494 e. The number of rotatable bonds is 7. The Labute approximate surface area is 158 Å². The van der Waals surface area contributed by atoms with Gasteiger partial charge in [-0.05, 0) is 50.6 Å². The molecule has 2 aromatic rings. The number of carbonyl (C=O) groups is 2. The molecule has 2 atom stereocenters. The van der Waals surface area contributed by atoms with E-state index in [0.29, 0.717) is 17.2 Å². The van der Waals surface area contributed by atoms with E-state index in [1.165, 1.54) is 0 Å². The third-order valence-corrected chi connectivity index (χ3v) is 4.24. The van der Waals surface area contributed by atoms with E-state index in [1.807, 2.05) is 38.1 Å². The standard InChI is InChI=1S/C20H23ClN2O3/c1-4-26-16-11-9-15(10-12-16)13(2)22-19(24)14(3)23-20(25)17-7-5-6-8-18(17)21/h5-14H,4H2,1-3H3,(H,22,24)(H,23,25)/t13?,14-/m0/s1. The van der Waals surface area contributed by atoms with Gasteiger partial charge >= 0.3 is 0 Å². The van der Waals surface area contributed by atoms with Crippen LogP contribution in [-0.4, -0.2) is 24.5 Å². The van der Waals surface area contributed by atoms with E-state index in [9.17, 15) is 9.59 Å². The second-order valence-electron chi connectivity index (χ2n) is 5.91. The second kappa shape index (κ2) is 9.25. The van der Waals surface area contributed by atoms with E-state index in [0.717, 1.165) is 11.3 Å². The molecule has 6 heteroatoms. The maximum absolute atomic E-state index is 12.4. The van der Waals surface area contributed by atoms with Crippen LogP contribution in [0.15, 0.2) is 48.5 Å². The van der Waals surface area contributed by atoms with Crippen LogP contribution in [-0.2, 0) is 4.79 Å². The molecule has 2 rings (SSSR count). The predicted octanol–water partition coefficient (Wildman–Crippen LogP) is 3.73. The molecule has 5 nitrogen and oxygen atoms in total. The first-order valence-electron chi connectivity index (χ1n) is 8.51. The van der Waals surface area contributed by atoms with Crippen LogP contribution in [0.2, 0.25) is 5.02 Å². The summed E-state index contributed by atoms with van der Waals surface area (Å²) in [5.74, 6) is 0.133. The highest BCUT2D eigenvalue weighted by Crippen LogP contribution is 2.18. The molecule has 0 radical (unpaired) electrons. The van der Waals surface area contributed by atoms with Crippen molar-refractivity contribution >= 4 is 23.4 Å². The summed E-state index contributed by atoms with van der Waals surface area (Å²) in [6.07, 6.45) is 0. The highest BCUT2D eigenvalue weighted by molar-refractivity contribution is 6.33. The molecule has 0 aliphatic heterocycles. The molecule has 1 unspecified atom stereocenters. The Morgan fingerprint density at radius 1 is 1.04 bits per heavy atom. The third-order valence-electron chi connectivity index (χ3n) is 3.91. The van der Waals surface area contributed by atoms with Crippen LogP contribution in [0, 0.1) is 0 Å². The zero-order chi connectivity index (χ0) is 19.1. The molecular formula is C20H23ClN2O3. The normalized spacial score (nSPS) is 12.8. The first-order chi connectivity index (χ1) is 12.4. The number of halogens is 1. The lowest BCUT2D eigenvalue weighted by Crippen LogP contribution is -2.45. The number of hydrogen-bond acceptors (Lipinski definition) is 3. The zero-order valence-corrected chi connectivity index (χ0v) is 15.8. The van der Waals surface area contributed by atoms with Gasteiger partial charge in [0, 0.05) is 0 Å². The van der Waals surface area contributed by atoms with E-state index in [1.54, 1.807) is 31.2 Å². The lowest BCUT2D eigenvalue weighted by atomic mass is 10.1. The average Bonchev–Trinajstić information content (AvgIpc) is 2.62. The van der Waals surface area contributed by atoms with Gasteiger partial charge < -0.3 is 15.4 Å². The molecule has 0 saturated carbocycles. The van der Waals surface area contributed by atoms with Crippen LogP contribution >= 0.6 is 11.6 Å². The molecule has 2 N–H and O–H groups in total. The molecule has 0 spiro atoms.